The Bertz CT molecular complexity index is 567. The summed E-state index contributed by atoms with van der Waals surface area (Å²) in [5.41, 5.74) is 5.81. The van der Waals surface area contributed by atoms with Crippen molar-refractivity contribution >= 4 is 17.7 Å². The Balaban J connectivity index is 1.98. The molecule has 25 heavy (non-hydrogen) atoms. The van der Waals surface area contributed by atoms with E-state index in [9.17, 15) is 4.79 Å². The maximum absolute atomic E-state index is 11.7. The first-order valence-electron chi connectivity index (χ1n) is 9.28. The van der Waals surface area contributed by atoms with Gasteiger partial charge < -0.3 is 21.7 Å². The standard InChI is InChI=1S/C18H32N6O/c1-11(2)9-20-13-5-7-14(8-6-13)23-17-15(16(19)25)10-21-18(24-17)22-12(3)4/h10-14,20H,5-9H2,1-4H3,(H2,19,25)(H2,21,22,23,24)/t13-,14+. The number of nitrogens with zero attached hydrogens (tertiary/aromatic N) is 2. The highest BCUT2D eigenvalue weighted by molar-refractivity contribution is 5.97. The molecular formula is C18H32N6O. The number of carbonyl (C=O) groups excluding carboxylic acids is 1. The Morgan fingerprint density at radius 3 is 2.40 bits per heavy atom. The van der Waals surface area contributed by atoms with Gasteiger partial charge in [0.25, 0.3) is 5.91 Å². The van der Waals surface area contributed by atoms with Gasteiger partial charge in [-0.15, -0.1) is 0 Å². The number of amides is 1. The molecule has 1 fully saturated rings. The fraction of sp³-hybridized carbons (Fsp3) is 0.722. The number of aromatic nitrogens is 2. The Morgan fingerprint density at radius 1 is 1.20 bits per heavy atom. The van der Waals surface area contributed by atoms with E-state index in [1.54, 1.807) is 0 Å². The number of rotatable bonds is 8. The average Bonchev–Trinajstić information content (AvgIpc) is 2.53. The highest BCUT2D eigenvalue weighted by atomic mass is 16.1. The molecule has 1 aliphatic rings. The zero-order valence-corrected chi connectivity index (χ0v) is 15.8. The number of hydrogen-bond acceptors (Lipinski definition) is 6. The SMILES string of the molecule is CC(C)CN[C@H]1CC[C@@H](Nc2nc(NC(C)C)ncc2C(N)=O)CC1. The molecule has 140 valence electrons. The first-order valence-corrected chi connectivity index (χ1v) is 9.28. The van der Waals surface area contributed by atoms with E-state index in [0.717, 1.165) is 32.2 Å². The van der Waals surface area contributed by atoms with Crippen molar-refractivity contribution in [3.63, 3.8) is 0 Å². The molecule has 0 spiro atoms. The third kappa shape index (κ3) is 6.16. The van der Waals surface area contributed by atoms with Crippen LogP contribution in [-0.4, -0.2) is 40.5 Å². The maximum Gasteiger partial charge on any atom is 0.254 e. The second kappa shape index (κ2) is 8.99. The number of nitrogens with two attached hydrogens (primary N) is 1. The van der Waals surface area contributed by atoms with Gasteiger partial charge in [-0.05, 0) is 52.0 Å². The van der Waals surface area contributed by atoms with Crippen LogP contribution in [0.1, 0.15) is 63.7 Å². The van der Waals surface area contributed by atoms with Gasteiger partial charge >= 0.3 is 0 Å². The van der Waals surface area contributed by atoms with Crippen LogP contribution in [0.5, 0.6) is 0 Å². The van der Waals surface area contributed by atoms with Gasteiger partial charge in [-0.1, -0.05) is 13.8 Å². The van der Waals surface area contributed by atoms with Gasteiger partial charge in [0.15, 0.2) is 0 Å². The molecule has 1 aromatic heterocycles. The molecule has 1 heterocycles. The predicted molar refractivity (Wildman–Crippen MR) is 102 cm³/mol. The molecule has 0 atom stereocenters. The number of carbonyl (C=O) groups is 1. The molecule has 7 heteroatoms. The zero-order valence-electron chi connectivity index (χ0n) is 15.8. The molecule has 0 aliphatic heterocycles. The molecular weight excluding hydrogens is 316 g/mol. The summed E-state index contributed by atoms with van der Waals surface area (Å²) in [6.45, 7) is 9.55. The molecule has 0 radical (unpaired) electrons. The van der Waals surface area contributed by atoms with E-state index in [1.165, 1.54) is 6.20 Å². The Kier molecular flexibility index (Phi) is 6.99. The number of nitrogens with one attached hydrogen (secondary N) is 3. The van der Waals surface area contributed by atoms with Crippen molar-refractivity contribution in [3.05, 3.63) is 11.8 Å². The Morgan fingerprint density at radius 2 is 1.84 bits per heavy atom. The van der Waals surface area contributed by atoms with Gasteiger partial charge in [-0.25, -0.2) is 4.98 Å². The normalized spacial score (nSPS) is 20.7. The van der Waals surface area contributed by atoms with E-state index in [2.05, 4.69) is 39.8 Å². The Labute approximate surface area is 150 Å². The molecule has 0 aromatic carbocycles. The number of hydrogen-bond donors (Lipinski definition) is 4. The monoisotopic (exact) mass is 348 g/mol. The van der Waals surface area contributed by atoms with Crippen molar-refractivity contribution in [3.8, 4) is 0 Å². The molecule has 0 bridgehead atoms. The molecule has 1 amide bonds. The number of anilines is 2. The van der Waals surface area contributed by atoms with Gasteiger partial charge in [0, 0.05) is 24.3 Å². The third-order valence-corrected chi connectivity index (χ3v) is 4.35. The Hall–Kier alpha value is -1.89. The first kappa shape index (κ1) is 19.4. The van der Waals surface area contributed by atoms with Crippen LogP contribution >= 0.6 is 0 Å². The second-order valence-electron chi connectivity index (χ2n) is 7.61. The van der Waals surface area contributed by atoms with E-state index >= 15 is 0 Å². The van der Waals surface area contributed by atoms with Gasteiger partial charge in [0.05, 0.1) is 5.56 Å². The number of primary amides is 1. The molecule has 1 aromatic rings. The largest absolute Gasteiger partial charge is 0.367 e. The van der Waals surface area contributed by atoms with Gasteiger partial charge in [0.2, 0.25) is 5.95 Å². The smallest absolute Gasteiger partial charge is 0.254 e. The second-order valence-corrected chi connectivity index (χ2v) is 7.61. The van der Waals surface area contributed by atoms with Crippen LogP contribution in [0.15, 0.2) is 6.20 Å². The molecule has 0 unspecified atom stereocenters. The van der Waals surface area contributed by atoms with Crippen LogP contribution in [0.25, 0.3) is 0 Å². The topological polar surface area (TPSA) is 105 Å². The minimum atomic E-state index is -0.508. The zero-order chi connectivity index (χ0) is 18.4. The van der Waals surface area contributed by atoms with Crippen LogP contribution in [0.2, 0.25) is 0 Å². The molecule has 2 rings (SSSR count). The van der Waals surface area contributed by atoms with E-state index < -0.39 is 5.91 Å². The fourth-order valence-electron chi connectivity index (χ4n) is 3.04. The summed E-state index contributed by atoms with van der Waals surface area (Å²) in [6.07, 6.45) is 5.84. The first-order chi connectivity index (χ1) is 11.8. The van der Waals surface area contributed by atoms with Crippen LogP contribution in [0.3, 0.4) is 0 Å². The van der Waals surface area contributed by atoms with E-state index in [1.807, 2.05) is 13.8 Å². The summed E-state index contributed by atoms with van der Waals surface area (Å²) < 4.78 is 0. The average molecular weight is 348 g/mol. The quantitative estimate of drug-likeness (QED) is 0.575. The lowest BCUT2D eigenvalue weighted by Gasteiger charge is -2.31. The maximum atomic E-state index is 11.7. The van der Waals surface area contributed by atoms with Gasteiger partial charge in [0.1, 0.15) is 5.82 Å². The van der Waals surface area contributed by atoms with Gasteiger partial charge in [-0.2, -0.15) is 4.98 Å². The van der Waals surface area contributed by atoms with E-state index in [-0.39, 0.29) is 6.04 Å². The van der Waals surface area contributed by atoms with Crippen LogP contribution in [0, 0.1) is 5.92 Å². The predicted octanol–water partition coefficient (Wildman–Crippen LogP) is 2.36. The molecule has 7 nitrogen and oxygen atoms in total. The van der Waals surface area contributed by atoms with Crippen molar-refractivity contribution in [2.45, 2.75) is 71.5 Å². The van der Waals surface area contributed by atoms with Crippen LogP contribution < -0.4 is 21.7 Å². The summed E-state index contributed by atoms with van der Waals surface area (Å²) >= 11 is 0. The minimum absolute atomic E-state index is 0.217. The van der Waals surface area contributed by atoms with E-state index in [4.69, 9.17) is 5.73 Å². The lowest BCUT2D eigenvalue weighted by molar-refractivity contribution is 0.100. The van der Waals surface area contributed by atoms with Crippen LogP contribution in [-0.2, 0) is 0 Å². The van der Waals surface area contributed by atoms with Crippen LogP contribution in [0.4, 0.5) is 11.8 Å². The summed E-state index contributed by atoms with van der Waals surface area (Å²) in [5, 5.41) is 10.2. The summed E-state index contributed by atoms with van der Waals surface area (Å²) in [6, 6.07) is 1.10. The van der Waals surface area contributed by atoms with Crippen molar-refractivity contribution in [2.75, 3.05) is 17.2 Å². The van der Waals surface area contributed by atoms with Gasteiger partial charge in [-0.3, -0.25) is 4.79 Å². The lowest BCUT2D eigenvalue weighted by Crippen LogP contribution is -2.38. The third-order valence-electron chi connectivity index (χ3n) is 4.35. The fourth-order valence-corrected chi connectivity index (χ4v) is 3.04. The summed E-state index contributed by atoms with van der Waals surface area (Å²) in [5.74, 6) is 1.20. The molecule has 5 N–H and O–H groups in total. The lowest BCUT2D eigenvalue weighted by atomic mass is 9.91. The van der Waals surface area contributed by atoms with Crippen molar-refractivity contribution in [1.29, 1.82) is 0 Å². The molecule has 1 saturated carbocycles. The highest BCUT2D eigenvalue weighted by Gasteiger charge is 2.23. The minimum Gasteiger partial charge on any atom is -0.367 e. The summed E-state index contributed by atoms with van der Waals surface area (Å²) in [4.78, 5) is 20.3. The van der Waals surface area contributed by atoms with Crippen molar-refractivity contribution < 1.29 is 4.79 Å². The molecule has 1 aliphatic carbocycles. The van der Waals surface area contributed by atoms with Crippen molar-refractivity contribution in [2.24, 2.45) is 11.7 Å². The highest BCUT2D eigenvalue weighted by Crippen LogP contribution is 2.24. The summed E-state index contributed by atoms with van der Waals surface area (Å²) in [7, 11) is 0. The van der Waals surface area contributed by atoms with Crippen molar-refractivity contribution in [1.82, 2.24) is 15.3 Å². The van der Waals surface area contributed by atoms with E-state index in [0.29, 0.717) is 35.3 Å². The molecule has 0 saturated heterocycles.